The number of hydrogen-bond acceptors (Lipinski definition) is 10. The molecule has 1 fully saturated rings. The van der Waals surface area contributed by atoms with Crippen molar-refractivity contribution in [3.8, 4) is 6.07 Å². The summed E-state index contributed by atoms with van der Waals surface area (Å²) in [6.07, 6.45) is 0.155. The number of nitrogens with zero attached hydrogens (tertiary/aromatic N) is 8. The standard InChI is InChI=1S/C30H31F3N8O4S/c1-17-6-7-23(22(12-26(42)43)21-8-10-41-27(18(21)2)37-38-29(41)30(31,32)33)36-24(17)16-39-15-20-5-3-4-9-40(20)28-25(46(39,44)45)11-19(13-34)14-35-28/h6-8,10-11,14,20,22,44-45H,3-5,9,12,15-16H2,1-2H3,(H,42,43). The fraction of sp³-hybridized carbons (Fsp3) is 0.400. The molecule has 0 radical (unpaired) electrons. The maximum Gasteiger partial charge on any atom is 0.452 e. The molecule has 0 aromatic carbocycles. The summed E-state index contributed by atoms with van der Waals surface area (Å²) in [5.41, 5.74) is 2.46. The van der Waals surface area contributed by atoms with Crippen LogP contribution in [0.1, 0.15) is 71.1 Å². The van der Waals surface area contributed by atoms with E-state index in [4.69, 9.17) is 4.98 Å². The van der Waals surface area contributed by atoms with E-state index in [2.05, 4.69) is 20.1 Å². The molecular weight excluding hydrogens is 625 g/mol. The first-order valence-electron chi connectivity index (χ1n) is 14.6. The second-order valence-electron chi connectivity index (χ2n) is 11.6. The van der Waals surface area contributed by atoms with Gasteiger partial charge in [0, 0.05) is 43.1 Å². The van der Waals surface area contributed by atoms with Crippen molar-refractivity contribution in [3.63, 3.8) is 0 Å². The number of hydrogen-bond donors (Lipinski definition) is 3. The lowest BCUT2D eigenvalue weighted by atomic mass is 9.89. The Morgan fingerprint density at radius 2 is 1.98 bits per heavy atom. The molecule has 2 aliphatic rings. The third kappa shape index (κ3) is 5.64. The predicted octanol–water partition coefficient (Wildman–Crippen LogP) is 5.53. The van der Waals surface area contributed by atoms with Crippen LogP contribution in [0.5, 0.6) is 0 Å². The van der Waals surface area contributed by atoms with Gasteiger partial charge in [0.15, 0.2) is 11.5 Å². The molecule has 0 aliphatic carbocycles. The smallest absolute Gasteiger partial charge is 0.452 e. The van der Waals surface area contributed by atoms with Crippen LogP contribution >= 0.6 is 10.8 Å². The monoisotopic (exact) mass is 656 g/mol. The molecule has 2 aliphatic heterocycles. The lowest BCUT2D eigenvalue weighted by Crippen LogP contribution is -2.45. The van der Waals surface area contributed by atoms with Gasteiger partial charge in [-0.15, -0.1) is 21.0 Å². The number of piperidine rings is 1. The first kappa shape index (κ1) is 31.7. The molecule has 3 N–H and O–H groups in total. The van der Waals surface area contributed by atoms with Crippen LogP contribution in [0.2, 0.25) is 0 Å². The molecule has 6 heterocycles. The minimum absolute atomic E-state index is 0.000499. The van der Waals surface area contributed by atoms with Crippen molar-refractivity contribution in [2.24, 2.45) is 0 Å². The maximum atomic E-state index is 13.5. The molecule has 1 saturated heterocycles. The minimum Gasteiger partial charge on any atom is -0.481 e. The van der Waals surface area contributed by atoms with Crippen LogP contribution < -0.4 is 4.90 Å². The number of carboxylic acid groups (broad SMARTS) is 1. The Morgan fingerprint density at radius 3 is 2.70 bits per heavy atom. The van der Waals surface area contributed by atoms with E-state index in [0.29, 0.717) is 34.9 Å². The summed E-state index contributed by atoms with van der Waals surface area (Å²) < 4.78 is 66.3. The SMILES string of the molecule is Cc1ccc(C(CC(=O)O)c2ccn3c(C(F)(F)F)nnc3c2C)nc1CN1CC2CCCCN2c2ncc(C#N)cc2S1(O)O. The van der Waals surface area contributed by atoms with Gasteiger partial charge in [0.25, 0.3) is 0 Å². The van der Waals surface area contributed by atoms with E-state index in [1.807, 2.05) is 13.0 Å². The minimum atomic E-state index is -4.73. The zero-order chi connectivity index (χ0) is 33.0. The first-order chi connectivity index (χ1) is 21.8. The van der Waals surface area contributed by atoms with E-state index in [1.54, 1.807) is 23.4 Å². The number of nitriles is 1. The average Bonchev–Trinajstić information content (AvgIpc) is 3.44. The second-order valence-corrected chi connectivity index (χ2v) is 13.6. The first-order valence-corrected chi connectivity index (χ1v) is 16.1. The molecule has 2 unspecified atom stereocenters. The maximum absolute atomic E-state index is 13.5. The number of carbonyl (C=O) groups is 1. The molecular formula is C30H31F3N8O4S. The molecule has 6 rings (SSSR count). The summed E-state index contributed by atoms with van der Waals surface area (Å²) in [5.74, 6) is -2.73. The summed E-state index contributed by atoms with van der Waals surface area (Å²) >= 11 is 0. The molecule has 0 amide bonds. The van der Waals surface area contributed by atoms with Gasteiger partial charge < -0.3 is 10.0 Å². The van der Waals surface area contributed by atoms with E-state index in [1.165, 1.54) is 24.5 Å². The Labute approximate surface area is 263 Å². The number of aryl methyl sites for hydroxylation is 2. The molecule has 0 bridgehead atoms. The number of anilines is 1. The molecule has 4 aromatic rings. The highest BCUT2D eigenvalue weighted by Gasteiger charge is 2.41. The van der Waals surface area contributed by atoms with Crippen molar-refractivity contribution < 1.29 is 32.2 Å². The number of fused-ring (bicyclic) bond motifs is 4. The Hall–Kier alpha value is -4.30. The predicted molar refractivity (Wildman–Crippen MR) is 161 cm³/mol. The average molecular weight is 657 g/mol. The van der Waals surface area contributed by atoms with Crippen LogP contribution in [0.25, 0.3) is 5.65 Å². The number of halogens is 3. The number of alkyl halides is 3. The Kier molecular flexibility index (Phi) is 8.13. The normalized spacial score (nSPS) is 19.5. The highest BCUT2D eigenvalue weighted by Crippen LogP contribution is 2.58. The lowest BCUT2D eigenvalue weighted by molar-refractivity contribution is -0.145. The Balaban J connectivity index is 1.40. The summed E-state index contributed by atoms with van der Waals surface area (Å²) in [7, 11) is -3.64. The summed E-state index contributed by atoms with van der Waals surface area (Å²) in [6.45, 7) is 4.34. The zero-order valence-electron chi connectivity index (χ0n) is 24.9. The molecule has 2 atom stereocenters. The van der Waals surface area contributed by atoms with Gasteiger partial charge >= 0.3 is 12.1 Å². The number of aromatic nitrogens is 5. The van der Waals surface area contributed by atoms with Crippen molar-refractivity contribution in [2.75, 3.05) is 18.0 Å². The highest BCUT2D eigenvalue weighted by molar-refractivity contribution is 8.22. The van der Waals surface area contributed by atoms with Crippen molar-refractivity contribution in [1.29, 1.82) is 5.26 Å². The van der Waals surface area contributed by atoms with Crippen molar-refractivity contribution in [2.45, 2.75) is 69.1 Å². The van der Waals surface area contributed by atoms with Crippen LogP contribution in [0, 0.1) is 25.2 Å². The number of carboxylic acids is 1. The zero-order valence-corrected chi connectivity index (χ0v) is 25.8. The Bertz CT molecular complexity index is 1880. The van der Waals surface area contributed by atoms with Gasteiger partial charge in [-0.25, -0.2) is 4.98 Å². The Morgan fingerprint density at radius 1 is 1.20 bits per heavy atom. The molecule has 0 saturated carbocycles. The third-order valence-corrected chi connectivity index (χ3v) is 10.6. The van der Waals surface area contributed by atoms with E-state index in [9.17, 15) is 37.4 Å². The highest BCUT2D eigenvalue weighted by atomic mass is 32.3. The van der Waals surface area contributed by atoms with Crippen LogP contribution in [0.15, 0.2) is 41.6 Å². The summed E-state index contributed by atoms with van der Waals surface area (Å²) in [6, 6.07) is 8.28. The van der Waals surface area contributed by atoms with Crippen molar-refractivity contribution >= 4 is 28.2 Å². The fourth-order valence-corrected chi connectivity index (χ4v) is 8.00. The largest absolute Gasteiger partial charge is 0.481 e. The molecule has 16 heteroatoms. The van der Waals surface area contributed by atoms with Crippen LogP contribution in [-0.2, 0) is 17.5 Å². The van der Waals surface area contributed by atoms with Gasteiger partial charge in [-0.2, -0.15) is 22.7 Å². The van der Waals surface area contributed by atoms with Gasteiger partial charge in [-0.05, 0) is 68.0 Å². The number of aliphatic carboxylic acids is 1. The van der Waals surface area contributed by atoms with Crippen LogP contribution in [-0.4, -0.2) is 68.2 Å². The van der Waals surface area contributed by atoms with Gasteiger partial charge in [0.1, 0.15) is 11.0 Å². The third-order valence-electron chi connectivity index (χ3n) is 8.71. The molecule has 242 valence electrons. The summed E-state index contributed by atoms with van der Waals surface area (Å²) in [5, 5.41) is 26.4. The van der Waals surface area contributed by atoms with Crippen molar-refractivity contribution in [3.05, 3.63) is 76.1 Å². The topological polar surface area (TPSA) is 164 Å². The fourth-order valence-electron chi connectivity index (χ4n) is 6.34. The van der Waals surface area contributed by atoms with E-state index in [-0.39, 0.29) is 35.2 Å². The number of pyridine rings is 3. The lowest BCUT2D eigenvalue weighted by Gasteiger charge is -2.42. The molecule has 4 aromatic heterocycles. The molecule has 12 nitrogen and oxygen atoms in total. The van der Waals surface area contributed by atoms with E-state index in [0.717, 1.165) is 29.2 Å². The van der Waals surface area contributed by atoms with Crippen LogP contribution in [0.3, 0.4) is 0 Å². The molecule has 0 spiro atoms. The second kappa shape index (κ2) is 11.8. The summed E-state index contributed by atoms with van der Waals surface area (Å²) in [4.78, 5) is 23.6. The van der Waals surface area contributed by atoms with Crippen LogP contribution in [0.4, 0.5) is 19.0 Å². The quantitative estimate of drug-likeness (QED) is 0.239. The van der Waals surface area contributed by atoms with Gasteiger partial charge in [0.05, 0.1) is 24.2 Å². The van der Waals surface area contributed by atoms with E-state index < -0.39 is 41.1 Å². The number of rotatable bonds is 6. The van der Waals surface area contributed by atoms with Gasteiger partial charge in [-0.3, -0.25) is 23.3 Å². The molecule has 46 heavy (non-hydrogen) atoms. The van der Waals surface area contributed by atoms with Crippen molar-refractivity contribution in [1.82, 2.24) is 28.9 Å². The van der Waals surface area contributed by atoms with Gasteiger partial charge in [0.2, 0.25) is 5.82 Å². The van der Waals surface area contributed by atoms with E-state index >= 15 is 0 Å². The van der Waals surface area contributed by atoms with Gasteiger partial charge in [-0.1, -0.05) is 6.07 Å².